The summed E-state index contributed by atoms with van der Waals surface area (Å²) in [7, 11) is 3.15. The Bertz CT molecular complexity index is 381. The summed E-state index contributed by atoms with van der Waals surface area (Å²) >= 11 is 3.38. The van der Waals surface area contributed by atoms with Crippen LogP contribution in [0.3, 0.4) is 0 Å². The van der Waals surface area contributed by atoms with Gasteiger partial charge in [-0.15, -0.1) is 0 Å². The maximum absolute atomic E-state index is 10.6. The van der Waals surface area contributed by atoms with Crippen molar-refractivity contribution in [3.05, 3.63) is 28.2 Å². The third-order valence-corrected chi connectivity index (χ3v) is 2.78. The molecule has 0 aliphatic heterocycles. The molecule has 0 saturated heterocycles. The second-order valence-electron chi connectivity index (χ2n) is 3.41. The number of carboxylic acid groups (broad SMARTS) is 1. The first-order valence-electron chi connectivity index (χ1n) is 4.81. The lowest BCUT2D eigenvalue weighted by Gasteiger charge is -2.14. The van der Waals surface area contributed by atoms with Crippen LogP contribution in [0.25, 0.3) is 0 Å². The van der Waals surface area contributed by atoms with Crippen molar-refractivity contribution in [1.82, 2.24) is 4.90 Å². The van der Waals surface area contributed by atoms with Crippen LogP contribution in [0.5, 0.6) is 5.75 Å². The van der Waals surface area contributed by atoms with Crippen molar-refractivity contribution in [3.8, 4) is 5.75 Å². The number of nitrogens with zero attached hydrogens (tertiary/aromatic N) is 1. The molecule has 5 heteroatoms. The molecule has 0 aromatic heterocycles. The average molecular weight is 288 g/mol. The minimum absolute atomic E-state index is 0.447. The number of methoxy groups -OCH3 is 1. The maximum atomic E-state index is 10.6. The molecule has 0 radical (unpaired) electrons. The van der Waals surface area contributed by atoms with E-state index in [0.717, 1.165) is 15.8 Å². The van der Waals surface area contributed by atoms with Gasteiger partial charge < -0.3 is 14.7 Å². The smallest absolute Gasteiger partial charge is 0.407 e. The number of ether oxygens (including phenoxy) is 1. The SMILES string of the molecule is COc1ccc(Br)cc1CCN(C)C(=O)O. The number of likely N-dealkylation sites (N-methyl/N-ethyl adjacent to an activating group) is 1. The van der Waals surface area contributed by atoms with E-state index >= 15 is 0 Å². The van der Waals surface area contributed by atoms with E-state index in [9.17, 15) is 4.79 Å². The molecular weight excluding hydrogens is 274 g/mol. The summed E-state index contributed by atoms with van der Waals surface area (Å²) in [5, 5.41) is 8.73. The Labute approximate surface area is 103 Å². The third-order valence-electron chi connectivity index (χ3n) is 2.29. The van der Waals surface area contributed by atoms with E-state index < -0.39 is 6.09 Å². The third kappa shape index (κ3) is 3.41. The lowest BCUT2D eigenvalue weighted by atomic mass is 10.1. The van der Waals surface area contributed by atoms with Crippen molar-refractivity contribution in [1.29, 1.82) is 0 Å². The van der Waals surface area contributed by atoms with Gasteiger partial charge in [-0.2, -0.15) is 0 Å². The number of hydrogen-bond donors (Lipinski definition) is 1. The standard InChI is InChI=1S/C11H14BrNO3/c1-13(11(14)15)6-5-8-7-9(12)3-4-10(8)16-2/h3-4,7H,5-6H2,1-2H3,(H,14,15). The van der Waals surface area contributed by atoms with Gasteiger partial charge in [-0.25, -0.2) is 4.79 Å². The Balaban J connectivity index is 2.72. The Morgan fingerprint density at radius 2 is 2.25 bits per heavy atom. The van der Waals surface area contributed by atoms with Crippen molar-refractivity contribution in [3.63, 3.8) is 0 Å². The molecule has 88 valence electrons. The molecule has 4 nitrogen and oxygen atoms in total. The summed E-state index contributed by atoms with van der Waals surface area (Å²) in [5.74, 6) is 0.780. The van der Waals surface area contributed by atoms with E-state index in [0.29, 0.717) is 13.0 Å². The van der Waals surface area contributed by atoms with Crippen LogP contribution in [-0.4, -0.2) is 36.8 Å². The molecule has 1 rings (SSSR count). The molecule has 1 aromatic rings. The molecule has 1 aromatic carbocycles. The first kappa shape index (κ1) is 12.8. The van der Waals surface area contributed by atoms with E-state index in [-0.39, 0.29) is 0 Å². The number of halogens is 1. The zero-order chi connectivity index (χ0) is 12.1. The van der Waals surface area contributed by atoms with E-state index in [1.807, 2.05) is 18.2 Å². The van der Waals surface area contributed by atoms with Crippen LogP contribution in [0.15, 0.2) is 22.7 Å². The van der Waals surface area contributed by atoms with Crippen LogP contribution < -0.4 is 4.74 Å². The summed E-state index contributed by atoms with van der Waals surface area (Å²) in [4.78, 5) is 11.9. The number of amides is 1. The number of hydrogen-bond acceptors (Lipinski definition) is 2. The van der Waals surface area contributed by atoms with Crippen molar-refractivity contribution in [2.45, 2.75) is 6.42 Å². The Morgan fingerprint density at radius 3 is 2.81 bits per heavy atom. The zero-order valence-electron chi connectivity index (χ0n) is 9.24. The minimum Gasteiger partial charge on any atom is -0.496 e. The number of rotatable bonds is 4. The maximum Gasteiger partial charge on any atom is 0.407 e. The topological polar surface area (TPSA) is 49.8 Å². The zero-order valence-corrected chi connectivity index (χ0v) is 10.8. The second kappa shape index (κ2) is 5.75. The fraction of sp³-hybridized carbons (Fsp3) is 0.364. The highest BCUT2D eigenvalue weighted by atomic mass is 79.9. The van der Waals surface area contributed by atoms with Crippen molar-refractivity contribution < 1.29 is 14.6 Å². The van der Waals surface area contributed by atoms with Gasteiger partial charge in [0, 0.05) is 18.1 Å². The molecule has 0 bridgehead atoms. The molecule has 0 fully saturated rings. The second-order valence-corrected chi connectivity index (χ2v) is 4.33. The van der Waals surface area contributed by atoms with Gasteiger partial charge in [0.15, 0.2) is 0 Å². The summed E-state index contributed by atoms with van der Waals surface area (Å²) in [6, 6.07) is 5.69. The van der Waals surface area contributed by atoms with Crippen LogP contribution >= 0.6 is 15.9 Å². The molecule has 0 spiro atoms. The lowest BCUT2D eigenvalue weighted by molar-refractivity contribution is 0.156. The van der Waals surface area contributed by atoms with Crippen LogP contribution in [0.2, 0.25) is 0 Å². The molecule has 0 saturated carbocycles. The first-order chi connectivity index (χ1) is 7.54. The molecule has 1 amide bonds. The van der Waals surface area contributed by atoms with E-state index in [2.05, 4.69) is 15.9 Å². The Kier molecular flexibility index (Phi) is 4.61. The van der Waals surface area contributed by atoms with Crippen LogP contribution in [0.1, 0.15) is 5.56 Å². The van der Waals surface area contributed by atoms with Gasteiger partial charge >= 0.3 is 6.09 Å². The van der Waals surface area contributed by atoms with Crippen molar-refractivity contribution in [2.24, 2.45) is 0 Å². The lowest BCUT2D eigenvalue weighted by Crippen LogP contribution is -2.26. The highest BCUT2D eigenvalue weighted by molar-refractivity contribution is 9.10. The Hall–Kier alpha value is -1.23. The van der Waals surface area contributed by atoms with Crippen LogP contribution in [0.4, 0.5) is 4.79 Å². The van der Waals surface area contributed by atoms with Gasteiger partial charge in [0.1, 0.15) is 5.75 Å². The first-order valence-corrected chi connectivity index (χ1v) is 5.60. The monoisotopic (exact) mass is 287 g/mol. The molecule has 0 unspecified atom stereocenters. The van der Waals surface area contributed by atoms with E-state index in [1.54, 1.807) is 14.2 Å². The van der Waals surface area contributed by atoms with Crippen molar-refractivity contribution >= 4 is 22.0 Å². The molecular formula is C11H14BrNO3. The predicted octanol–water partition coefficient (Wildman–Crippen LogP) is 2.61. The van der Waals surface area contributed by atoms with Gasteiger partial charge in [-0.05, 0) is 30.2 Å². The molecule has 0 aliphatic carbocycles. The van der Waals surface area contributed by atoms with Gasteiger partial charge in [-0.1, -0.05) is 15.9 Å². The molecule has 0 atom stereocenters. The fourth-order valence-corrected chi connectivity index (χ4v) is 1.73. The minimum atomic E-state index is -0.922. The van der Waals surface area contributed by atoms with Crippen molar-refractivity contribution in [2.75, 3.05) is 20.7 Å². The van der Waals surface area contributed by atoms with Gasteiger partial charge in [0.05, 0.1) is 7.11 Å². The predicted molar refractivity (Wildman–Crippen MR) is 65.1 cm³/mol. The molecule has 16 heavy (non-hydrogen) atoms. The van der Waals surface area contributed by atoms with Crippen LogP contribution in [-0.2, 0) is 6.42 Å². The van der Waals surface area contributed by atoms with Crippen LogP contribution in [0, 0.1) is 0 Å². The molecule has 0 aliphatic rings. The Morgan fingerprint density at radius 1 is 1.56 bits per heavy atom. The normalized spacial score (nSPS) is 9.94. The summed E-state index contributed by atoms with van der Waals surface area (Å²) in [6.07, 6.45) is -0.292. The number of benzene rings is 1. The fourth-order valence-electron chi connectivity index (χ4n) is 1.33. The summed E-state index contributed by atoms with van der Waals surface area (Å²) in [6.45, 7) is 0.447. The molecule has 1 N–H and O–H groups in total. The summed E-state index contributed by atoms with van der Waals surface area (Å²) in [5.41, 5.74) is 0.991. The quantitative estimate of drug-likeness (QED) is 0.926. The van der Waals surface area contributed by atoms with E-state index in [4.69, 9.17) is 9.84 Å². The van der Waals surface area contributed by atoms with Gasteiger partial charge in [-0.3, -0.25) is 0 Å². The largest absolute Gasteiger partial charge is 0.496 e. The van der Waals surface area contributed by atoms with Gasteiger partial charge in [0.2, 0.25) is 0 Å². The highest BCUT2D eigenvalue weighted by Crippen LogP contribution is 2.23. The van der Waals surface area contributed by atoms with E-state index in [1.165, 1.54) is 4.90 Å². The van der Waals surface area contributed by atoms with Gasteiger partial charge in [0.25, 0.3) is 0 Å². The summed E-state index contributed by atoms with van der Waals surface area (Å²) < 4.78 is 6.17. The average Bonchev–Trinajstić information content (AvgIpc) is 2.25. The number of carbonyl (C=O) groups is 1. The highest BCUT2D eigenvalue weighted by Gasteiger charge is 2.08. The molecule has 0 heterocycles.